The molecule has 166 valence electrons. The second kappa shape index (κ2) is 9.09. The lowest BCUT2D eigenvalue weighted by Crippen LogP contribution is -2.46. The van der Waals surface area contributed by atoms with Crippen LogP contribution in [0.25, 0.3) is 6.58 Å². The molecule has 2 heterocycles. The molecule has 1 amide bonds. The number of hydrogen-bond donors (Lipinski definition) is 2. The average Bonchev–Trinajstić information content (AvgIpc) is 3.03. The van der Waals surface area contributed by atoms with E-state index in [-0.39, 0.29) is 17.5 Å². The second-order valence-corrected chi connectivity index (χ2v) is 8.39. The third-order valence-electron chi connectivity index (χ3n) is 6.14. The Morgan fingerprint density at radius 2 is 2.16 bits per heavy atom. The molecule has 0 spiro atoms. The van der Waals surface area contributed by atoms with Gasteiger partial charge in [-0.05, 0) is 44.4 Å². The van der Waals surface area contributed by atoms with Gasteiger partial charge in [-0.15, -0.1) is 0 Å². The number of amides is 1. The van der Waals surface area contributed by atoms with Crippen molar-refractivity contribution in [3.63, 3.8) is 0 Å². The fourth-order valence-electron chi connectivity index (χ4n) is 4.54. The Labute approximate surface area is 180 Å². The van der Waals surface area contributed by atoms with E-state index in [0.29, 0.717) is 42.7 Å². The number of hydrogen-bond acceptors (Lipinski definition) is 5. The minimum atomic E-state index is -0.760. The number of fused-ring (bicyclic) bond motifs is 2. The summed E-state index contributed by atoms with van der Waals surface area (Å²) >= 11 is 0. The van der Waals surface area contributed by atoms with Crippen LogP contribution in [0.3, 0.4) is 0 Å². The molecule has 1 atom stereocenters. The highest BCUT2D eigenvalue weighted by molar-refractivity contribution is 5.76. The molecule has 0 radical (unpaired) electrons. The number of nitrogens with zero attached hydrogens (tertiary/aromatic N) is 3. The lowest BCUT2D eigenvalue weighted by molar-refractivity contribution is -0.145. The quantitative estimate of drug-likeness (QED) is 0.442. The van der Waals surface area contributed by atoms with Gasteiger partial charge in [0.15, 0.2) is 0 Å². The van der Waals surface area contributed by atoms with Crippen molar-refractivity contribution in [1.82, 2.24) is 14.5 Å². The van der Waals surface area contributed by atoms with Crippen LogP contribution in [0.1, 0.15) is 57.4 Å². The molecule has 1 fully saturated rings. The molecule has 2 N–H and O–H groups in total. The summed E-state index contributed by atoms with van der Waals surface area (Å²) in [7, 11) is 0. The molecule has 4 rings (SSSR count). The number of imidazole rings is 1. The van der Waals surface area contributed by atoms with Gasteiger partial charge in [0.05, 0.1) is 18.8 Å². The van der Waals surface area contributed by atoms with Gasteiger partial charge in [0.25, 0.3) is 5.56 Å². The third-order valence-corrected chi connectivity index (χ3v) is 6.14. The molecule has 2 aromatic rings. The van der Waals surface area contributed by atoms with Crippen LogP contribution >= 0.6 is 0 Å². The molecule has 1 aromatic carbocycles. The van der Waals surface area contributed by atoms with Crippen molar-refractivity contribution in [2.45, 2.75) is 70.7 Å². The van der Waals surface area contributed by atoms with Crippen molar-refractivity contribution < 1.29 is 14.6 Å². The first-order valence-electron chi connectivity index (χ1n) is 11.1. The first-order chi connectivity index (χ1) is 14.9. The van der Waals surface area contributed by atoms with E-state index in [1.807, 2.05) is 18.2 Å². The molecule has 8 heteroatoms. The van der Waals surface area contributed by atoms with Crippen LogP contribution in [-0.2, 0) is 11.3 Å². The Morgan fingerprint density at radius 3 is 2.90 bits per heavy atom. The Kier molecular flexibility index (Phi) is 6.27. The number of benzene rings is 1. The zero-order valence-electron chi connectivity index (χ0n) is 18.0. The van der Waals surface area contributed by atoms with Crippen molar-refractivity contribution in [3.05, 3.63) is 45.1 Å². The second-order valence-electron chi connectivity index (χ2n) is 8.39. The van der Waals surface area contributed by atoms with E-state index in [0.717, 1.165) is 36.9 Å². The van der Waals surface area contributed by atoms with Gasteiger partial charge in [-0.2, -0.15) is 0 Å². The lowest BCUT2D eigenvalue weighted by Gasteiger charge is -2.36. The summed E-state index contributed by atoms with van der Waals surface area (Å²) in [4.78, 5) is 33.3. The normalized spacial score (nSPS) is 16.7. The Bertz CT molecular complexity index is 1110. The predicted molar refractivity (Wildman–Crippen MR) is 117 cm³/mol. The van der Waals surface area contributed by atoms with Crippen LogP contribution in [0.15, 0.2) is 28.0 Å². The minimum absolute atomic E-state index is 0.0116. The Morgan fingerprint density at radius 1 is 1.39 bits per heavy atom. The molecule has 1 aliphatic heterocycles. The van der Waals surface area contributed by atoms with Gasteiger partial charge in [-0.1, -0.05) is 25.8 Å². The summed E-state index contributed by atoms with van der Waals surface area (Å²) in [6.07, 6.45) is 5.54. The van der Waals surface area contributed by atoms with Crippen molar-refractivity contribution in [2.75, 3.05) is 6.61 Å². The van der Waals surface area contributed by atoms with E-state index in [9.17, 15) is 14.7 Å². The van der Waals surface area contributed by atoms with Gasteiger partial charge in [0.1, 0.15) is 17.3 Å². The molecule has 2 aliphatic rings. The first kappa shape index (κ1) is 21.4. The number of H-pyrrole nitrogens is 1. The van der Waals surface area contributed by atoms with Crippen LogP contribution in [0, 0.1) is 0 Å². The molecule has 1 unspecified atom stereocenters. The maximum atomic E-state index is 12.7. The summed E-state index contributed by atoms with van der Waals surface area (Å²) < 4.78 is 7.62. The molecule has 1 aromatic heterocycles. The average molecular weight is 427 g/mol. The van der Waals surface area contributed by atoms with E-state index in [1.165, 1.54) is 6.42 Å². The third kappa shape index (κ3) is 4.58. The monoisotopic (exact) mass is 426 g/mol. The van der Waals surface area contributed by atoms with E-state index in [2.05, 4.69) is 16.6 Å². The number of aromatic nitrogens is 2. The lowest BCUT2D eigenvalue weighted by atomic mass is 9.93. The fraction of sp³-hybridized carbons (Fsp3) is 0.522. The van der Waals surface area contributed by atoms with Crippen molar-refractivity contribution >= 4 is 18.2 Å². The zero-order valence-corrected chi connectivity index (χ0v) is 18.0. The number of aliphatic hydroxyl groups is 1. The summed E-state index contributed by atoms with van der Waals surface area (Å²) in [5.41, 5.74) is 2.03. The highest BCUT2D eigenvalue weighted by atomic mass is 16.5. The van der Waals surface area contributed by atoms with Gasteiger partial charge < -0.3 is 19.3 Å². The van der Waals surface area contributed by atoms with E-state index in [4.69, 9.17) is 4.74 Å². The maximum absolute atomic E-state index is 12.7. The van der Waals surface area contributed by atoms with Crippen LogP contribution in [0.2, 0.25) is 0 Å². The smallest absolute Gasteiger partial charge is 0.274 e. The highest BCUT2D eigenvalue weighted by Gasteiger charge is 2.28. The Balaban J connectivity index is 1.32. The number of rotatable bonds is 7. The van der Waals surface area contributed by atoms with Gasteiger partial charge in [-0.3, -0.25) is 14.6 Å². The molecule has 0 saturated heterocycles. The van der Waals surface area contributed by atoms with Gasteiger partial charge in [-0.25, -0.2) is 4.99 Å². The number of carbonyl (C=O) groups excluding carboxylic acids is 1. The SMILES string of the molecule is C=c1c(=O)[nH]c2n1Cc1cc(OCCCC(=O)N(C(C)O)C3CCCCC3)ccc1N=2. The molecule has 31 heavy (non-hydrogen) atoms. The number of aromatic amines is 1. The maximum Gasteiger partial charge on any atom is 0.274 e. The standard InChI is InChI=1S/C23H30N4O4/c1-15-22(30)25-23-24-20-11-10-19(13-17(20)14-26(15)23)31-12-6-9-21(29)27(16(2)28)18-7-4-3-5-8-18/h10-11,13,16,18,28H,1,3-9,12,14H2,2H3,(H,24,25,30). The van der Waals surface area contributed by atoms with Gasteiger partial charge in [0.2, 0.25) is 11.5 Å². The summed E-state index contributed by atoms with van der Waals surface area (Å²) in [6, 6.07) is 5.77. The van der Waals surface area contributed by atoms with Crippen LogP contribution in [0.5, 0.6) is 5.75 Å². The molecule has 1 aliphatic carbocycles. The summed E-state index contributed by atoms with van der Waals surface area (Å²) in [6.45, 7) is 6.39. The van der Waals surface area contributed by atoms with Gasteiger partial charge in [0, 0.05) is 18.0 Å². The summed E-state index contributed by atoms with van der Waals surface area (Å²) in [5.74, 6) is 0.691. The largest absolute Gasteiger partial charge is 0.494 e. The van der Waals surface area contributed by atoms with Gasteiger partial charge >= 0.3 is 0 Å². The molecule has 8 nitrogen and oxygen atoms in total. The predicted octanol–water partition coefficient (Wildman–Crippen LogP) is 1.56. The topological polar surface area (TPSA) is 99.9 Å². The van der Waals surface area contributed by atoms with Crippen LogP contribution in [-0.4, -0.2) is 44.3 Å². The molecular formula is C23H30N4O4. The van der Waals surface area contributed by atoms with E-state index >= 15 is 0 Å². The molecule has 1 saturated carbocycles. The zero-order chi connectivity index (χ0) is 22.0. The van der Waals surface area contributed by atoms with Crippen LogP contribution in [0.4, 0.5) is 5.69 Å². The highest BCUT2D eigenvalue weighted by Crippen LogP contribution is 2.27. The summed E-state index contributed by atoms with van der Waals surface area (Å²) in [5, 5.41) is 10.5. The van der Waals surface area contributed by atoms with Crippen molar-refractivity contribution in [3.8, 4) is 5.75 Å². The van der Waals surface area contributed by atoms with Crippen molar-refractivity contribution in [1.29, 1.82) is 0 Å². The number of aliphatic hydroxyl groups excluding tert-OH is 1. The number of ether oxygens (including phenoxy) is 1. The number of carbonyl (C=O) groups is 1. The minimum Gasteiger partial charge on any atom is -0.494 e. The number of nitrogens with one attached hydrogen (secondary N) is 1. The fourth-order valence-corrected chi connectivity index (χ4v) is 4.54. The van der Waals surface area contributed by atoms with Crippen molar-refractivity contribution in [2.24, 2.45) is 4.99 Å². The van der Waals surface area contributed by atoms with Crippen LogP contribution < -0.4 is 21.3 Å². The first-order valence-corrected chi connectivity index (χ1v) is 11.1. The van der Waals surface area contributed by atoms with E-state index in [1.54, 1.807) is 16.4 Å². The van der Waals surface area contributed by atoms with E-state index < -0.39 is 6.23 Å². The molecule has 0 bridgehead atoms. The molecular weight excluding hydrogens is 396 g/mol. The Hall–Kier alpha value is -2.87.